The Morgan fingerprint density at radius 1 is 1.28 bits per heavy atom. The lowest BCUT2D eigenvalue weighted by Gasteiger charge is -1.99. The number of para-hydroxylation sites is 1. The molecule has 18 heavy (non-hydrogen) atoms. The van der Waals surface area contributed by atoms with E-state index in [0.29, 0.717) is 17.0 Å². The number of fused-ring (bicyclic) bond motifs is 1. The van der Waals surface area contributed by atoms with E-state index in [1.807, 2.05) is 30.3 Å². The van der Waals surface area contributed by atoms with Crippen LogP contribution in [-0.4, -0.2) is 15.9 Å². The van der Waals surface area contributed by atoms with Crippen molar-refractivity contribution in [3.63, 3.8) is 0 Å². The fourth-order valence-corrected chi connectivity index (χ4v) is 2.03. The van der Waals surface area contributed by atoms with Crippen LogP contribution in [-0.2, 0) is 0 Å². The fourth-order valence-electron chi connectivity index (χ4n) is 2.03. The van der Waals surface area contributed by atoms with E-state index in [4.69, 9.17) is 5.73 Å². The second kappa shape index (κ2) is 4.00. The number of H-pyrrole nitrogens is 1. The Balaban J connectivity index is 2.36. The Morgan fingerprint density at radius 3 is 2.89 bits per heavy atom. The summed E-state index contributed by atoms with van der Waals surface area (Å²) in [5.74, 6) is -0.471. The minimum Gasteiger partial charge on any atom is -0.366 e. The Labute approximate surface area is 103 Å². The lowest BCUT2D eigenvalue weighted by atomic mass is 10.1. The molecule has 0 atom stereocenters. The van der Waals surface area contributed by atoms with Crippen molar-refractivity contribution in [3.05, 3.63) is 54.2 Å². The van der Waals surface area contributed by atoms with Crippen molar-refractivity contribution in [1.29, 1.82) is 0 Å². The summed E-state index contributed by atoms with van der Waals surface area (Å²) in [7, 11) is 0. The summed E-state index contributed by atoms with van der Waals surface area (Å²) in [6.45, 7) is 0. The number of nitrogens with zero attached hydrogens (tertiary/aromatic N) is 1. The summed E-state index contributed by atoms with van der Waals surface area (Å²) >= 11 is 0. The van der Waals surface area contributed by atoms with Crippen LogP contribution in [0.25, 0.3) is 22.3 Å². The van der Waals surface area contributed by atoms with Crippen LogP contribution < -0.4 is 5.73 Å². The molecule has 1 aromatic carbocycles. The van der Waals surface area contributed by atoms with Crippen LogP contribution in [0.1, 0.15) is 10.4 Å². The van der Waals surface area contributed by atoms with Crippen molar-refractivity contribution in [3.8, 4) is 11.4 Å². The molecule has 0 aliphatic carbocycles. The van der Waals surface area contributed by atoms with Gasteiger partial charge in [-0.1, -0.05) is 24.3 Å². The maximum Gasteiger partial charge on any atom is 0.251 e. The van der Waals surface area contributed by atoms with Crippen molar-refractivity contribution in [2.24, 2.45) is 5.73 Å². The van der Waals surface area contributed by atoms with E-state index >= 15 is 0 Å². The lowest BCUT2D eigenvalue weighted by Crippen LogP contribution is -2.11. The van der Waals surface area contributed by atoms with Gasteiger partial charge in [0.25, 0.3) is 5.91 Å². The van der Waals surface area contributed by atoms with Crippen LogP contribution >= 0.6 is 0 Å². The summed E-state index contributed by atoms with van der Waals surface area (Å²) < 4.78 is 0. The molecule has 1 amide bonds. The molecule has 4 heteroatoms. The molecular formula is C14H10N3O. The predicted octanol–water partition coefficient (Wildman–Crippen LogP) is 2.13. The van der Waals surface area contributed by atoms with Gasteiger partial charge in [0, 0.05) is 17.6 Å². The van der Waals surface area contributed by atoms with E-state index in [9.17, 15) is 4.79 Å². The van der Waals surface area contributed by atoms with Gasteiger partial charge in [-0.3, -0.25) is 9.78 Å². The second-order valence-corrected chi connectivity index (χ2v) is 3.91. The standard InChI is InChI=1S/C14H10N3O/c15-14(18)12-9-5-1-2-6-10(9)17-13(12)11-7-3-4-8-16-11/h1-5,7-8,17H,(H2,15,18). The van der Waals surface area contributed by atoms with E-state index in [2.05, 4.69) is 16.0 Å². The molecule has 87 valence electrons. The third-order valence-corrected chi connectivity index (χ3v) is 2.79. The van der Waals surface area contributed by atoms with Crippen LogP contribution in [0.5, 0.6) is 0 Å². The monoisotopic (exact) mass is 236 g/mol. The molecule has 2 heterocycles. The molecule has 0 unspecified atom stereocenters. The van der Waals surface area contributed by atoms with Gasteiger partial charge in [0.1, 0.15) is 0 Å². The number of aromatic nitrogens is 2. The van der Waals surface area contributed by atoms with E-state index < -0.39 is 5.91 Å². The molecule has 0 spiro atoms. The number of amides is 1. The average molecular weight is 236 g/mol. The van der Waals surface area contributed by atoms with Gasteiger partial charge in [-0.05, 0) is 12.1 Å². The first-order chi connectivity index (χ1) is 8.77. The van der Waals surface area contributed by atoms with Gasteiger partial charge in [0.15, 0.2) is 0 Å². The second-order valence-electron chi connectivity index (χ2n) is 3.91. The van der Waals surface area contributed by atoms with Crippen LogP contribution in [0, 0.1) is 6.07 Å². The van der Waals surface area contributed by atoms with E-state index in [-0.39, 0.29) is 0 Å². The lowest BCUT2D eigenvalue weighted by molar-refractivity contribution is 0.100. The highest BCUT2D eigenvalue weighted by Crippen LogP contribution is 2.28. The first-order valence-corrected chi connectivity index (χ1v) is 5.51. The Hall–Kier alpha value is -2.62. The SMILES string of the molecule is NC(=O)c1c(-c2ccccn2)[nH]c2[c]cccc12. The van der Waals surface area contributed by atoms with Crippen molar-refractivity contribution in [2.45, 2.75) is 0 Å². The van der Waals surface area contributed by atoms with Crippen LogP contribution in [0.4, 0.5) is 0 Å². The summed E-state index contributed by atoms with van der Waals surface area (Å²) in [5.41, 5.74) is 8.01. The number of pyridine rings is 1. The third-order valence-electron chi connectivity index (χ3n) is 2.79. The molecular weight excluding hydrogens is 226 g/mol. The number of benzene rings is 1. The summed E-state index contributed by atoms with van der Waals surface area (Å²) in [6.07, 6.45) is 1.68. The zero-order valence-electron chi connectivity index (χ0n) is 9.47. The zero-order chi connectivity index (χ0) is 12.5. The average Bonchev–Trinajstić information content (AvgIpc) is 2.79. The fraction of sp³-hybridized carbons (Fsp3) is 0. The van der Waals surface area contributed by atoms with Gasteiger partial charge >= 0.3 is 0 Å². The molecule has 0 bridgehead atoms. The van der Waals surface area contributed by atoms with Crippen LogP contribution in [0.3, 0.4) is 0 Å². The first kappa shape index (κ1) is 10.5. The largest absolute Gasteiger partial charge is 0.366 e. The summed E-state index contributed by atoms with van der Waals surface area (Å²) in [6, 6.07) is 14.0. The van der Waals surface area contributed by atoms with Crippen molar-refractivity contribution >= 4 is 16.8 Å². The molecule has 3 rings (SSSR count). The zero-order valence-corrected chi connectivity index (χ0v) is 9.47. The quantitative estimate of drug-likeness (QED) is 0.715. The molecule has 4 nitrogen and oxygen atoms in total. The molecule has 0 saturated carbocycles. The van der Waals surface area contributed by atoms with Crippen molar-refractivity contribution in [2.75, 3.05) is 0 Å². The maximum absolute atomic E-state index is 11.6. The van der Waals surface area contributed by atoms with Gasteiger partial charge in [-0.25, -0.2) is 0 Å². The number of primary amides is 1. The summed E-state index contributed by atoms with van der Waals surface area (Å²) in [4.78, 5) is 19.0. The number of hydrogen-bond acceptors (Lipinski definition) is 2. The van der Waals surface area contributed by atoms with Gasteiger partial charge in [0.05, 0.1) is 22.5 Å². The highest BCUT2D eigenvalue weighted by atomic mass is 16.1. The number of carbonyl (C=O) groups excluding carboxylic acids is 1. The van der Waals surface area contributed by atoms with Gasteiger partial charge in [0.2, 0.25) is 0 Å². The summed E-state index contributed by atoms with van der Waals surface area (Å²) in [5, 5.41) is 0.769. The number of carbonyl (C=O) groups is 1. The minimum atomic E-state index is -0.471. The Morgan fingerprint density at radius 2 is 2.17 bits per heavy atom. The maximum atomic E-state index is 11.6. The Kier molecular flexibility index (Phi) is 2.34. The van der Waals surface area contributed by atoms with E-state index in [1.54, 1.807) is 12.3 Å². The highest BCUT2D eigenvalue weighted by Gasteiger charge is 2.17. The molecule has 3 N–H and O–H groups in total. The Bertz CT molecular complexity index is 716. The normalized spacial score (nSPS) is 10.7. The first-order valence-electron chi connectivity index (χ1n) is 5.51. The molecule has 0 aliphatic heterocycles. The predicted molar refractivity (Wildman–Crippen MR) is 68.9 cm³/mol. The molecule has 1 radical (unpaired) electrons. The number of nitrogens with one attached hydrogen (secondary N) is 1. The smallest absolute Gasteiger partial charge is 0.251 e. The van der Waals surface area contributed by atoms with Gasteiger partial charge < -0.3 is 10.7 Å². The third kappa shape index (κ3) is 1.55. The highest BCUT2D eigenvalue weighted by molar-refractivity contribution is 6.11. The number of hydrogen-bond donors (Lipinski definition) is 2. The number of aromatic amines is 1. The number of nitrogens with two attached hydrogens (primary N) is 1. The van der Waals surface area contributed by atoms with E-state index in [1.165, 1.54) is 0 Å². The molecule has 2 aromatic heterocycles. The topological polar surface area (TPSA) is 71.8 Å². The van der Waals surface area contributed by atoms with Gasteiger partial charge in [-0.15, -0.1) is 0 Å². The van der Waals surface area contributed by atoms with Crippen LogP contribution in [0.15, 0.2) is 42.6 Å². The minimum absolute atomic E-state index is 0.459. The molecule has 3 aromatic rings. The molecule has 0 fully saturated rings. The van der Waals surface area contributed by atoms with Crippen molar-refractivity contribution in [1.82, 2.24) is 9.97 Å². The van der Waals surface area contributed by atoms with Crippen molar-refractivity contribution < 1.29 is 4.79 Å². The molecule has 0 saturated heterocycles. The van der Waals surface area contributed by atoms with E-state index in [0.717, 1.165) is 10.9 Å². The molecule has 0 aliphatic rings. The van der Waals surface area contributed by atoms with Gasteiger partial charge in [-0.2, -0.15) is 0 Å². The van der Waals surface area contributed by atoms with Crippen LogP contribution in [0.2, 0.25) is 0 Å². The number of rotatable bonds is 2.